The molecule has 1 fully saturated rings. The summed E-state index contributed by atoms with van der Waals surface area (Å²) in [5, 5.41) is 13.2. The minimum Gasteiger partial charge on any atom is -0.325 e. The predicted octanol–water partition coefficient (Wildman–Crippen LogP) is 0.264. The van der Waals surface area contributed by atoms with E-state index in [0.717, 1.165) is 0 Å². The minimum absolute atomic E-state index is 0.0527. The fourth-order valence-corrected chi connectivity index (χ4v) is 3.29. The van der Waals surface area contributed by atoms with Gasteiger partial charge in [0.2, 0.25) is 5.91 Å². The quantitative estimate of drug-likeness (QED) is 0.631. The molecule has 0 saturated carbocycles. The van der Waals surface area contributed by atoms with Crippen molar-refractivity contribution in [2.45, 2.75) is 0 Å². The zero-order valence-electron chi connectivity index (χ0n) is 11.2. The Labute approximate surface area is 121 Å². The molecule has 0 unspecified atom stereocenters. The molecule has 0 spiro atoms. The van der Waals surface area contributed by atoms with Crippen LogP contribution in [0.5, 0.6) is 0 Å². The fourth-order valence-electron chi connectivity index (χ4n) is 2.01. The number of hydrogen-bond donors (Lipinski definition) is 1. The molecule has 1 aliphatic heterocycles. The van der Waals surface area contributed by atoms with E-state index in [1.165, 1.54) is 18.2 Å². The van der Waals surface area contributed by atoms with E-state index in [4.69, 9.17) is 0 Å². The molecule has 1 saturated heterocycles. The smallest absolute Gasteiger partial charge is 0.271 e. The highest BCUT2D eigenvalue weighted by Crippen LogP contribution is 2.17. The summed E-state index contributed by atoms with van der Waals surface area (Å²) in [6.07, 6.45) is 0. The number of carbonyl (C=O) groups is 1. The van der Waals surface area contributed by atoms with E-state index in [2.05, 4.69) is 5.32 Å². The van der Waals surface area contributed by atoms with E-state index >= 15 is 0 Å². The molecule has 114 valence electrons. The van der Waals surface area contributed by atoms with Gasteiger partial charge >= 0.3 is 0 Å². The van der Waals surface area contributed by atoms with Crippen molar-refractivity contribution in [3.05, 3.63) is 34.4 Å². The van der Waals surface area contributed by atoms with Gasteiger partial charge in [0, 0.05) is 30.9 Å². The number of nitro benzene ring substituents is 1. The zero-order valence-corrected chi connectivity index (χ0v) is 12.0. The summed E-state index contributed by atoms with van der Waals surface area (Å²) in [5.74, 6) is -0.219. The Morgan fingerprint density at radius 2 is 2.00 bits per heavy atom. The number of sulfone groups is 1. The summed E-state index contributed by atoms with van der Waals surface area (Å²) in [4.78, 5) is 23.7. The molecular weight excluding hydrogens is 298 g/mol. The molecule has 0 aromatic heterocycles. The van der Waals surface area contributed by atoms with Gasteiger partial charge in [0.1, 0.15) is 0 Å². The molecule has 0 aliphatic carbocycles. The minimum atomic E-state index is -2.97. The van der Waals surface area contributed by atoms with E-state index in [1.54, 1.807) is 11.0 Å². The first kappa shape index (κ1) is 15.4. The van der Waals surface area contributed by atoms with Crippen LogP contribution in [0.3, 0.4) is 0 Å². The molecule has 1 aromatic rings. The first-order valence-electron chi connectivity index (χ1n) is 6.33. The van der Waals surface area contributed by atoms with Crippen molar-refractivity contribution in [3.8, 4) is 0 Å². The molecule has 1 N–H and O–H groups in total. The maximum absolute atomic E-state index is 11.9. The van der Waals surface area contributed by atoms with Crippen LogP contribution in [0.2, 0.25) is 0 Å². The van der Waals surface area contributed by atoms with Gasteiger partial charge in [-0.2, -0.15) is 0 Å². The fraction of sp³-hybridized carbons (Fsp3) is 0.417. The first-order chi connectivity index (χ1) is 9.85. The van der Waals surface area contributed by atoms with Crippen LogP contribution < -0.4 is 5.32 Å². The molecule has 0 bridgehead atoms. The van der Waals surface area contributed by atoms with Crippen LogP contribution >= 0.6 is 0 Å². The number of anilines is 1. The number of rotatable bonds is 4. The number of hydrogen-bond acceptors (Lipinski definition) is 6. The highest BCUT2D eigenvalue weighted by Gasteiger charge is 2.23. The normalized spacial score (nSPS) is 18.1. The molecule has 1 amide bonds. The standard InChI is InChI=1S/C12H15N3O5S/c16-12(9-14-4-6-21(19,20)7-5-14)13-10-2-1-3-11(8-10)15(17)18/h1-3,8H,4-7,9H2,(H,13,16). The Morgan fingerprint density at radius 1 is 1.33 bits per heavy atom. The third kappa shape index (κ3) is 4.50. The summed E-state index contributed by atoms with van der Waals surface area (Å²) >= 11 is 0. The number of benzene rings is 1. The molecule has 0 radical (unpaired) electrons. The summed E-state index contributed by atoms with van der Waals surface area (Å²) in [6.45, 7) is 0.716. The lowest BCUT2D eigenvalue weighted by Crippen LogP contribution is -2.43. The SMILES string of the molecule is O=C(CN1CCS(=O)(=O)CC1)Nc1cccc([N+](=O)[O-])c1. The number of nitro groups is 1. The van der Waals surface area contributed by atoms with Gasteiger partial charge in [-0.25, -0.2) is 8.42 Å². The van der Waals surface area contributed by atoms with Gasteiger partial charge in [-0.05, 0) is 6.07 Å². The van der Waals surface area contributed by atoms with E-state index < -0.39 is 14.8 Å². The average Bonchev–Trinajstić information content (AvgIpc) is 2.41. The number of carbonyl (C=O) groups excluding carboxylic acids is 1. The topological polar surface area (TPSA) is 110 Å². The third-order valence-corrected chi connectivity index (χ3v) is 4.75. The number of amides is 1. The first-order valence-corrected chi connectivity index (χ1v) is 8.15. The summed E-state index contributed by atoms with van der Waals surface area (Å²) in [6, 6.07) is 5.66. The van der Waals surface area contributed by atoms with Gasteiger partial charge in [0.25, 0.3) is 5.69 Å². The Balaban J connectivity index is 1.90. The summed E-state index contributed by atoms with van der Waals surface area (Å²) < 4.78 is 22.6. The van der Waals surface area contributed by atoms with Crippen LogP contribution in [0.25, 0.3) is 0 Å². The van der Waals surface area contributed by atoms with Crippen LogP contribution in [-0.4, -0.2) is 55.3 Å². The second-order valence-electron chi connectivity index (χ2n) is 4.78. The molecule has 0 atom stereocenters. The average molecular weight is 313 g/mol. The predicted molar refractivity (Wildman–Crippen MR) is 76.8 cm³/mol. The molecule has 9 heteroatoms. The maximum Gasteiger partial charge on any atom is 0.271 e. The Bertz CT molecular complexity index is 645. The molecule has 1 aromatic carbocycles. The van der Waals surface area contributed by atoms with Crippen molar-refractivity contribution in [1.29, 1.82) is 0 Å². The van der Waals surface area contributed by atoms with Crippen LogP contribution in [0.15, 0.2) is 24.3 Å². The highest BCUT2D eigenvalue weighted by atomic mass is 32.2. The lowest BCUT2D eigenvalue weighted by atomic mass is 10.3. The van der Waals surface area contributed by atoms with Crippen LogP contribution in [-0.2, 0) is 14.6 Å². The Kier molecular flexibility index (Phi) is 4.53. The number of non-ortho nitro benzene ring substituents is 1. The monoisotopic (exact) mass is 313 g/mol. The van der Waals surface area contributed by atoms with Gasteiger partial charge in [-0.1, -0.05) is 6.07 Å². The van der Waals surface area contributed by atoms with Crippen molar-refractivity contribution in [2.24, 2.45) is 0 Å². The van der Waals surface area contributed by atoms with E-state index in [9.17, 15) is 23.3 Å². The zero-order chi connectivity index (χ0) is 15.5. The van der Waals surface area contributed by atoms with E-state index in [-0.39, 0.29) is 29.6 Å². The molecule has 21 heavy (non-hydrogen) atoms. The second kappa shape index (κ2) is 6.19. The maximum atomic E-state index is 11.9. The van der Waals surface area contributed by atoms with Crippen molar-refractivity contribution in [3.63, 3.8) is 0 Å². The molecule has 8 nitrogen and oxygen atoms in total. The summed E-state index contributed by atoms with van der Waals surface area (Å²) in [7, 11) is -2.97. The second-order valence-corrected chi connectivity index (χ2v) is 7.09. The molecule has 1 aliphatic rings. The van der Waals surface area contributed by atoms with Crippen molar-refractivity contribution < 1.29 is 18.1 Å². The lowest BCUT2D eigenvalue weighted by Gasteiger charge is -2.25. The van der Waals surface area contributed by atoms with Crippen molar-refractivity contribution in [1.82, 2.24) is 4.90 Å². The largest absolute Gasteiger partial charge is 0.325 e. The van der Waals surface area contributed by atoms with Crippen LogP contribution in [0.4, 0.5) is 11.4 Å². The van der Waals surface area contributed by atoms with Gasteiger partial charge < -0.3 is 5.32 Å². The van der Waals surface area contributed by atoms with Crippen molar-refractivity contribution >= 4 is 27.1 Å². The lowest BCUT2D eigenvalue weighted by molar-refractivity contribution is -0.384. The van der Waals surface area contributed by atoms with Gasteiger partial charge in [-0.15, -0.1) is 0 Å². The molecule has 1 heterocycles. The number of nitrogens with zero attached hydrogens (tertiary/aromatic N) is 2. The van der Waals surface area contributed by atoms with E-state index in [0.29, 0.717) is 18.8 Å². The van der Waals surface area contributed by atoms with Gasteiger partial charge in [0.05, 0.1) is 23.0 Å². The Hall–Kier alpha value is -2.00. The third-order valence-electron chi connectivity index (χ3n) is 3.14. The van der Waals surface area contributed by atoms with Crippen LogP contribution in [0.1, 0.15) is 0 Å². The Morgan fingerprint density at radius 3 is 2.62 bits per heavy atom. The molecular formula is C12H15N3O5S. The van der Waals surface area contributed by atoms with Crippen LogP contribution in [0, 0.1) is 10.1 Å². The van der Waals surface area contributed by atoms with Gasteiger partial charge in [-0.3, -0.25) is 19.8 Å². The van der Waals surface area contributed by atoms with Crippen molar-refractivity contribution in [2.75, 3.05) is 36.5 Å². The van der Waals surface area contributed by atoms with Gasteiger partial charge in [0.15, 0.2) is 9.84 Å². The van der Waals surface area contributed by atoms with E-state index in [1.807, 2.05) is 0 Å². The highest BCUT2D eigenvalue weighted by molar-refractivity contribution is 7.91. The number of nitrogens with one attached hydrogen (secondary N) is 1. The summed E-state index contributed by atoms with van der Waals surface area (Å²) in [5.41, 5.74) is 0.246. The molecule has 2 rings (SSSR count).